The number of carbonyl (C=O) groups excluding carboxylic acids is 1. The zero-order valence-electron chi connectivity index (χ0n) is 17.2. The zero-order chi connectivity index (χ0) is 20.0. The van der Waals surface area contributed by atoms with Crippen LogP contribution in [0.3, 0.4) is 0 Å². The lowest BCUT2D eigenvalue weighted by atomic mass is 10.1. The highest BCUT2D eigenvalue weighted by molar-refractivity contribution is 5.73. The number of aromatic nitrogens is 2. The van der Waals surface area contributed by atoms with Gasteiger partial charge in [-0.3, -0.25) is 9.97 Å². The van der Waals surface area contributed by atoms with Crippen molar-refractivity contribution in [3.05, 3.63) is 36.2 Å². The average Bonchev–Trinajstić information content (AvgIpc) is 3.12. The van der Waals surface area contributed by atoms with Gasteiger partial charge in [0.1, 0.15) is 5.60 Å². The lowest BCUT2D eigenvalue weighted by Gasteiger charge is -2.24. The quantitative estimate of drug-likeness (QED) is 0.662. The molecule has 6 nitrogen and oxygen atoms in total. The number of fused-ring (bicyclic) bond motifs is 1. The summed E-state index contributed by atoms with van der Waals surface area (Å²) >= 11 is 0. The largest absolute Gasteiger partial charge is 0.444 e. The smallest absolute Gasteiger partial charge is 0.410 e. The van der Waals surface area contributed by atoms with Crippen LogP contribution in [0.25, 0.3) is 11.0 Å². The van der Waals surface area contributed by atoms with Crippen LogP contribution in [-0.4, -0.2) is 52.4 Å². The molecule has 1 atom stereocenters. The summed E-state index contributed by atoms with van der Waals surface area (Å²) in [7, 11) is 0. The molecule has 0 aromatic carbocycles. The third-order valence-corrected chi connectivity index (χ3v) is 4.74. The van der Waals surface area contributed by atoms with E-state index in [2.05, 4.69) is 16.0 Å². The van der Waals surface area contributed by atoms with E-state index in [0.29, 0.717) is 13.1 Å². The third-order valence-electron chi connectivity index (χ3n) is 4.74. The highest BCUT2D eigenvalue weighted by Gasteiger charge is 2.30. The van der Waals surface area contributed by atoms with Gasteiger partial charge in [-0.05, 0) is 70.7 Å². The minimum atomic E-state index is -0.452. The summed E-state index contributed by atoms with van der Waals surface area (Å²) in [6, 6.07) is 8.03. The number of amides is 1. The molecule has 1 aliphatic heterocycles. The molecule has 1 fully saturated rings. The molecule has 0 spiro atoms. The van der Waals surface area contributed by atoms with E-state index in [1.165, 1.54) is 0 Å². The maximum absolute atomic E-state index is 12.1. The monoisotopic (exact) mass is 385 g/mol. The van der Waals surface area contributed by atoms with Gasteiger partial charge in [-0.2, -0.15) is 0 Å². The number of rotatable bonds is 7. The molecule has 3 heterocycles. The van der Waals surface area contributed by atoms with E-state index in [1.807, 2.05) is 39.0 Å². The highest BCUT2D eigenvalue weighted by Crippen LogP contribution is 2.18. The minimum Gasteiger partial charge on any atom is -0.444 e. The number of likely N-dealkylation sites (tertiary alicyclic amines) is 1. The Kier molecular flexibility index (Phi) is 6.83. The molecule has 28 heavy (non-hydrogen) atoms. The van der Waals surface area contributed by atoms with Crippen LogP contribution in [0.4, 0.5) is 4.79 Å². The average molecular weight is 386 g/mol. The highest BCUT2D eigenvalue weighted by atomic mass is 16.6. The Balaban J connectivity index is 1.29. The zero-order valence-corrected chi connectivity index (χ0v) is 17.2. The van der Waals surface area contributed by atoms with E-state index < -0.39 is 5.60 Å². The van der Waals surface area contributed by atoms with E-state index in [0.717, 1.165) is 55.4 Å². The fourth-order valence-electron chi connectivity index (χ4n) is 3.33. The van der Waals surface area contributed by atoms with E-state index in [-0.39, 0.29) is 12.2 Å². The molecule has 0 aliphatic carbocycles. The molecular weight excluding hydrogens is 354 g/mol. The Labute approximate surface area is 167 Å². The van der Waals surface area contributed by atoms with Crippen molar-refractivity contribution >= 4 is 17.1 Å². The van der Waals surface area contributed by atoms with Crippen molar-refractivity contribution in [1.82, 2.24) is 14.9 Å². The summed E-state index contributed by atoms with van der Waals surface area (Å²) in [5.74, 6) is 0. The Hall–Kier alpha value is -2.21. The van der Waals surface area contributed by atoms with Crippen LogP contribution in [0.1, 0.15) is 52.1 Å². The van der Waals surface area contributed by atoms with Gasteiger partial charge >= 0.3 is 6.09 Å². The fraction of sp³-hybridized carbons (Fsp3) is 0.591. The first kappa shape index (κ1) is 20.5. The molecule has 3 rings (SSSR count). The third kappa shape index (κ3) is 6.16. The number of pyridine rings is 2. The number of carbonyl (C=O) groups is 1. The Morgan fingerprint density at radius 1 is 1.18 bits per heavy atom. The van der Waals surface area contributed by atoms with Gasteiger partial charge in [0.2, 0.25) is 0 Å². The Morgan fingerprint density at radius 3 is 2.86 bits per heavy atom. The van der Waals surface area contributed by atoms with Gasteiger partial charge in [-0.25, -0.2) is 4.79 Å². The number of hydrogen-bond donors (Lipinski definition) is 0. The second-order valence-electron chi connectivity index (χ2n) is 8.36. The molecule has 1 saturated heterocycles. The molecule has 1 aliphatic rings. The van der Waals surface area contributed by atoms with Gasteiger partial charge in [0.25, 0.3) is 0 Å². The van der Waals surface area contributed by atoms with E-state index in [4.69, 9.17) is 9.47 Å². The Morgan fingerprint density at radius 2 is 2.04 bits per heavy atom. The normalized spacial score (nSPS) is 17.2. The van der Waals surface area contributed by atoms with Crippen molar-refractivity contribution in [2.45, 2.75) is 64.6 Å². The van der Waals surface area contributed by atoms with Gasteiger partial charge in [0.05, 0.1) is 23.7 Å². The minimum absolute atomic E-state index is 0.127. The number of hydrogen-bond acceptors (Lipinski definition) is 5. The van der Waals surface area contributed by atoms with Gasteiger partial charge < -0.3 is 14.4 Å². The van der Waals surface area contributed by atoms with E-state index in [9.17, 15) is 4.79 Å². The number of ether oxygens (including phenoxy) is 2. The fourth-order valence-corrected chi connectivity index (χ4v) is 3.33. The molecular formula is C22H31N3O3. The molecule has 152 valence electrons. The van der Waals surface area contributed by atoms with Crippen molar-refractivity contribution < 1.29 is 14.3 Å². The predicted molar refractivity (Wildman–Crippen MR) is 109 cm³/mol. The van der Waals surface area contributed by atoms with E-state index in [1.54, 1.807) is 11.1 Å². The summed E-state index contributed by atoms with van der Waals surface area (Å²) in [6.45, 7) is 7.74. The first-order valence-electron chi connectivity index (χ1n) is 10.2. The summed E-state index contributed by atoms with van der Waals surface area (Å²) in [4.78, 5) is 22.8. The van der Waals surface area contributed by atoms with Gasteiger partial charge in [0.15, 0.2) is 0 Å². The standard InChI is InChI=1S/C22H31N3O3/c1-22(2,3)28-21(26)25-14-12-18(16-25)27-15-6-4-5-8-17-10-11-19-20(24-17)9-7-13-23-19/h7,9-11,13,18H,4-6,8,12,14-16H2,1-3H3/t18-/m1/s1. The lowest BCUT2D eigenvalue weighted by Crippen LogP contribution is -2.36. The molecule has 0 N–H and O–H groups in total. The molecule has 2 aromatic rings. The van der Waals surface area contributed by atoms with Crippen LogP contribution in [0.5, 0.6) is 0 Å². The number of nitrogens with zero attached hydrogens (tertiary/aromatic N) is 3. The van der Waals surface area contributed by atoms with Crippen LogP contribution in [0.2, 0.25) is 0 Å². The maximum Gasteiger partial charge on any atom is 0.410 e. The SMILES string of the molecule is CC(C)(C)OC(=O)N1CC[C@@H](OCCCCCc2ccc3ncccc3n2)C1. The summed E-state index contributed by atoms with van der Waals surface area (Å²) in [5.41, 5.74) is 2.56. The predicted octanol–water partition coefficient (Wildman–Crippen LogP) is 4.37. The van der Waals surface area contributed by atoms with Crippen LogP contribution < -0.4 is 0 Å². The summed E-state index contributed by atoms with van der Waals surface area (Å²) in [6.07, 6.45) is 6.76. The van der Waals surface area contributed by atoms with Crippen molar-refractivity contribution in [2.75, 3.05) is 19.7 Å². The molecule has 0 saturated carbocycles. The molecule has 6 heteroatoms. The number of unbranched alkanes of at least 4 members (excludes halogenated alkanes) is 2. The second-order valence-corrected chi connectivity index (χ2v) is 8.36. The van der Waals surface area contributed by atoms with Crippen molar-refractivity contribution in [3.8, 4) is 0 Å². The first-order valence-corrected chi connectivity index (χ1v) is 10.2. The van der Waals surface area contributed by atoms with Crippen LogP contribution in [0.15, 0.2) is 30.5 Å². The van der Waals surface area contributed by atoms with E-state index >= 15 is 0 Å². The van der Waals surface area contributed by atoms with Crippen LogP contribution in [-0.2, 0) is 15.9 Å². The number of aryl methyl sites for hydroxylation is 1. The first-order chi connectivity index (χ1) is 13.4. The van der Waals surface area contributed by atoms with Crippen LogP contribution >= 0.6 is 0 Å². The summed E-state index contributed by atoms with van der Waals surface area (Å²) < 4.78 is 11.4. The molecule has 0 radical (unpaired) electrons. The Bertz CT molecular complexity index is 788. The summed E-state index contributed by atoms with van der Waals surface area (Å²) in [5, 5.41) is 0. The molecule has 0 bridgehead atoms. The molecule has 1 amide bonds. The van der Waals surface area contributed by atoms with Crippen molar-refractivity contribution in [3.63, 3.8) is 0 Å². The second kappa shape index (κ2) is 9.32. The molecule has 2 aromatic heterocycles. The molecule has 0 unspecified atom stereocenters. The van der Waals surface area contributed by atoms with Crippen molar-refractivity contribution in [2.24, 2.45) is 0 Å². The van der Waals surface area contributed by atoms with Gasteiger partial charge in [0, 0.05) is 25.0 Å². The van der Waals surface area contributed by atoms with Crippen molar-refractivity contribution in [1.29, 1.82) is 0 Å². The topological polar surface area (TPSA) is 64.5 Å². The maximum atomic E-state index is 12.1. The van der Waals surface area contributed by atoms with Gasteiger partial charge in [-0.1, -0.05) is 6.42 Å². The van der Waals surface area contributed by atoms with Gasteiger partial charge in [-0.15, -0.1) is 0 Å². The van der Waals surface area contributed by atoms with Crippen LogP contribution in [0, 0.1) is 0 Å². The lowest BCUT2D eigenvalue weighted by molar-refractivity contribution is 0.0206.